The fourth-order valence-electron chi connectivity index (χ4n) is 4.35. The van der Waals surface area contributed by atoms with Crippen LogP contribution in [-0.4, -0.2) is 23.9 Å². The zero-order chi connectivity index (χ0) is 15.7. The first-order valence-electron chi connectivity index (χ1n) is 8.60. The predicted molar refractivity (Wildman–Crippen MR) is 89.2 cm³/mol. The van der Waals surface area contributed by atoms with Crippen LogP contribution in [-0.2, 0) is 11.3 Å². The monoisotopic (exact) mass is 300 g/mol. The highest BCUT2D eigenvalue weighted by atomic mass is 16.2. The first-order chi connectivity index (χ1) is 10.5. The lowest BCUT2D eigenvalue weighted by atomic mass is 9.65. The predicted octanol–water partition coefficient (Wildman–Crippen LogP) is 3.11. The quantitative estimate of drug-likeness (QED) is 0.932. The molecule has 2 saturated carbocycles. The maximum absolute atomic E-state index is 12.8. The van der Waals surface area contributed by atoms with Gasteiger partial charge in [-0.05, 0) is 50.0 Å². The third-order valence-electron chi connectivity index (χ3n) is 5.68. The van der Waals surface area contributed by atoms with Crippen molar-refractivity contribution in [1.82, 2.24) is 4.90 Å². The molecule has 2 bridgehead atoms. The summed E-state index contributed by atoms with van der Waals surface area (Å²) in [6.45, 7) is 2.79. The van der Waals surface area contributed by atoms with E-state index in [9.17, 15) is 4.79 Å². The van der Waals surface area contributed by atoms with Gasteiger partial charge in [0.15, 0.2) is 0 Å². The van der Waals surface area contributed by atoms with E-state index >= 15 is 0 Å². The Morgan fingerprint density at radius 1 is 1.18 bits per heavy atom. The van der Waals surface area contributed by atoms with Crippen LogP contribution < -0.4 is 5.73 Å². The molecule has 2 aliphatic rings. The largest absolute Gasteiger partial charge is 0.341 e. The molecule has 2 fully saturated rings. The van der Waals surface area contributed by atoms with Crippen molar-refractivity contribution < 1.29 is 4.79 Å². The molecule has 1 aromatic carbocycles. The number of fused-ring (bicyclic) bond motifs is 2. The lowest BCUT2D eigenvalue weighted by Gasteiger charge is -2.44. The highest BCUT2D eigenvalue weighted by Gasteiger charge is 2.41. The number of aryl methyl sites for hydroxylation is 1. The molecule has 1 aromatic rings. The van der Waals surface area contributed by atoms with Gasteiger partial charge in [0.2, 0.25) is 5.91 Å². The van der Waals surface area contributed by atoms with E-state index in [1.807, 2.05) is 11.9 Å². The fraction of sp³-hybridized carbons (Fsp3) is 0.632. The molecule has 0 saturated heterocycles. The molecular weight excluding hydrogens is 272 g/mol. The molecule has 22 heavy (non-hydrogen) atoms. The Morgan fingerprint density at radius 2 is 1.77 bits per heavy atom. The highest BCUT2D eigenvalue weighted by molar-refractivity contribution is 5.78. The van der Waals surface area contributed by atoms with Crippen molar-refractivity contribution in [2.24, 2.45) is 23.5 Å². The summed E-state index contributed by atoms with van der Waals surface area (Å²) < 4.78 is 0. The molecule has 0 aromatic heterocycles. The summed E-state index contributed by atoms with van der Waals surface area (Å²) in [5, 5.41) is 0. The second kappa shape index (κ2) is 6.41. The molecule has 0 spiro atoms. The van der Waals surface area contributed by atoms with Crippen LogP contribution in [0.5, 0.6) is 0 Å². The minimum atomic E-state index is 0.186. The number of nitrogens with two attached hydrogens (primary N) is 1. The number of benzene rings is 1. The van der Waals surface area contributed by atoms with E-state index in [4.69, 9.17) is 5.73 Å². The standard InChI is InChI=1S/C19H28N2O/c1-13-6-8-14(9-7-13)12-21(2)19(22)17-10-15-4-3-5-16(11-17)18(15)20/h6-9,15-18H,3-5,10-12,20H2,1-2H3. The fourth-order valence-corrected chi connectivity index (χ4v) is 4.35. The van der Waals surface area contributed by atoms with Crippen molar-refractivity contribution in [2.45, 2.75) is 51.6 Å². The van der Waals surface area contributed by atoms with Crippen LogP contribution in [0.2, 0.25) is 0 Å². The Morgan fingerprint density at radius 3 is 2.36 bits per heavy atom. The average Bonchev–Trinajstić information content (AvgIpc) is 2.48. The summed E-state index contributed by atoms with van der Waals surface area (Å²) in [5.41, 5.74) is 8.79. The van der Waals surface area contributed by atoms with Crippen molar-refractivity contribution in [2.75, 3.05) is 7.05 Å². The third kappa shape index (κ3) is 3.19. The minimum absolute atomic E-state index is 0.186. The minimum Gasteiger partial charge on any atom is -0.341 e. The Kier molecular flexibility index (Phi) is 4.53. The van der Waals surface area contributed by atoms with Gasteiger partial charge in [0.25, 0.3) is 0 Å². The van der Waals surface area contributed by atoms with Crippen LogP contribution in [0.1, 0.15) is 43.2 Å². The molecule has 0 aliphatic heterocycles. The Bertz CT molecular complexity index is 511. The van der Waals surface area contributed by atoms with Crippen molar-refractivity contribution in [1.29, 1.82) is 0 Å². The zero-order valence-electron chi connectivity index (χ0n) is 13.8. The molecule has 2 N–H and O–H groups in total. The maximum Gasteiger partial charge on any atom is 0.225 e. The van der Waals surface area contributed by atoms with Gasteiger partial charge in [-0.3, -0.25) is 4.79 Å². The summed E-state index contributed by atoms with van der Waals surface area (Å²) in [4.78, 5) is 14.7. The van der Waals surface area contributed by atoms with Crippen LogP contribution in [0.3, 0.4) is 0 Å². The van der Waals surface area contributed by atoms with E-state index in [0.29, 0.717) is 30.3 Å². The highest BCUT2D eigenvalue weighted by Crippen LogP contribution is 2.42. The maximum atomic E-state index is 12.8. The van der Waals surface area contributed by atoms with E-state index in [0.717, 1.165) is 12.8 Å². The van der Waals surface area contributed by atoms with E-state index in [1.54, 1.807) is 0 Å². The van der Waals surface area contributed by atoms with Gasteiger partial charge in [0, 0.05) is 25.6 Å². The molecule has 3 heteroatoms. The summed E-state index contributed by atoms with van der Waals surface area (Å²) in [6, 6.07) is 8.78. The van der Waals surface area contributed by atoms with Crippen LogP contribution in [0.4, 0.5) is 0 Å². The summed E-state index contributed by atoms with van der Waals surface area (Å²) >= 11 is 0. The van der Waals surface area contributed by atoms with Crippen molar-refractivity contribution in [3.63, 3.8) is 0 Å². The van der Waals surface area contributed by atoms with E-state index < -0.39 is 0 Å². The van der Waals surface area contributed by atoms with Gasteiger partial charge in [0.05, 0.1) is 0 Å². The summed E-state index contributed by atoms with van der Waals surface area (Å²) in [6.07, 6.45) is 5.71. The van der Waals surface area contributed by atoms with Crippen LogP contribution in [0, 0.1) is 24.7 Å². The van der Waals surface area contributed by atoms with E-state index in [-0.39, 0.29) is 5.92 Å². The number of nitrogens with zero attached hydrogens (tertiary/aromatic N) is 1. The molecule has 1 amide bonds. The SMILES string of the molecule is Cc1ccc(CN(C)C(=O)C2CC3CCCC(C2)C3N)cc1. The van der Waals surface area contributed by atoms with E-state index in [1.165, 1.54) is 30.4 Å². The number of carbonyl (C=O) groups is 1. The van der Waals surface area contributed by atoms with Gasteiger partial charge >= 0.3 is 0 Å². The number of hydrogen-bond acceptors (Lipinski definition) is 2. The van der Waals surface area contributed by atoms with Gasteiger partial charge in [-0.15, -0.1) is 0 Å². The first-order valence-corrected chi connectivity index (χ1v) is 8.60. The van der Waals surface area contributed by atoms with Crippen molar-refractivity contribution in [3.8, 4) is 0 Å². The zero-order valence-corrected chi connectivity index (χ0v) is 13.8. The molecule has 0 radical (unpaired) electrons. The van der Waals surface area contributed by atoms with Crippen LogP contribution in [0.25, 0.3) is 0 Å². The first kappa shape index (κ1) is 15.5. The van der Waals surface area contributed by atoms with Gasteiger partial charge in [0.1, 0.15) is 0 Å². The molecule has 120 valence electrons. The summed E-state index contributed by atoms with van der Waals surface area (Å²) in [7, 11) is 1.94. The topological polar surface area (TPSA) is 46.3 Å². The van der Waals surface area contributed by atoms with Gasteiger partial charge in [-0.25, -0.2) is 0 Å². The number of amides is 1. The van der Waals surface area contributed by atoms with E-state index in [2.05, 4.69) is 31.2 Å². The van der Waals surface area contributed by atoms with Crippen LogP contribution >= 0.6 is 0 Å². The molecule has 3 nitrogen and oxygen atoms in total. The van der Waals surface area contributed by atoms with Gasteiger partial charge in [-0.1, -0.05) is 36.2 Å². The Labute approximate surface area is 133 Å². The second-order valence-corrected chi connectivity index (χ2v) is 7.38. The molecular formula is C19H28N2O. The van der Waals surface area contributed by atoms with Gasteiger partial charge in [-0.2, -0.15) is 0 Å². The molecule has 3 rings (SSSR count). The van der Waals surface area contributed by atoms with Crippen molar-refractivity contribution in [3.05, 3.63) is 35.4 Å². The normalized spacial score (nSPS) is 30.9. The lowest BCUT2D eigenvalue weighted by molar-refractivity contribution is -0.137. The smallest absolute Gasteiger partial charge is 0.225 e. The molecule has 0 heterocycles. The number of rotatable bonds is 3. The third-order valence-corrected chi connectivity index (χ3v) is 5.68. The van der Waals surface area contributed by atoms with Crippen LogP contribution in [0.15, 0.2) is 24.3 Å². The molecule has 2 aliphatic carbocycles. The lowest BCUT2D eigenvalue weighted by Crippen LogP contribution is -2.49. The average molecular weight is 300 g/mol. The number of hydrogen-bond donors (Lipinski definition) is 1. The number of carbonyl (C=O) groups excluding carboxylic acids is 1. The van der Waals surface area contributed by atoms with Gasteiger partial charge < -0.3 is 10.6 Å². The molecule has 2 unspecified atom stereocenters. The summed E-state index contributed by atoms with van der Waals surface area (Å²) in [5.74, 6) is 1.62. The Balaban J connectivity index is 1.62. The molecule has 2 atom stereocenters. The Hall–Kier alpha value is -1.35. The van der Waals surface area contributed by atoms with Crippen molar-refractivity contribution >= 4 is 5.91 Å². The second-order valence-electron chi connectivity index (χ2n) is 7.38.